The Kier molecular flexibility index (Phi) is 4.93. The number of rotatable bonds is 3. The number of carbonyl (C=O) groups is 1. The van der Waals surface area contributed by atoms with Gasteiger partial charge in [-0.3, -0.25) is 9.69 Å². The zero-order valence-corrected chi connectivity index (χ0v) is 12.5. The molecule has 1 fully saturated rings. The first-order valence-electron chi connectivity index (χ1n) is 6.34. The molecular formula is C14H17BrFNO2. The topological polar surface area (TPSA) is 29.5 Å². The highest BCUT2D eigenvalue weighted by molar-refractivity contribution is 9.10. The second-order valence-corrected chi connectivity index (χ2v) is 5.69. The molecule has 5 heteroatoms. The van der Waals surface area contributed by atoms with Crippen molar-refractivity contribution in [2.45, 2.75) is 19.4 Å². The SMILES string of the molecule is COC(=O)C1CCCN(Cc2cc(F)ccc2Br)C1. The summed E-state index contributed by atoms with van der Waals surface area (Å²) in [5.74, 6) is -0.450. The van der Waals surface area contributed by atoms with E-state index in [0.29, 0.717) is 13.1 Å². The summed E-state index contributed by atoms with van der Waals surface area (Å²) in [6, 6.07) is 4.68. The highest BCUT2D eigenvalue weighted by atomic mass is 79.9. The fourth-order valence-corrected chi connectivity index (χ4v) is 2.84. The predicted octanol–water partition coefficient (Wildman–Crippen LogP) is 2.97. The second kappa shape index (κ2) is 6.48. The molecule has 104 valence electrons. The molecule has 1 saturated heterocycles. The Hall–Kier alpha value is -0.940. The highest BCUT2D eigenvalue weighted by Crippen LogP contribution is 2.23. The lowest BCUT2D eigenvalue weighted by Crippen LogP contribution is -2.38. The molecule has 1 heterocycles. The fraction of sp³-hybridized carbons (Fsp3) is 0.500. The molecule has 1 aromatic carbocycles. The summed E-state index contributed by atoms with van der Waals surface area (Å²) in [6.45, 7) is 2.25. The molecule has 0 aliphatic carbocycles. The molecule has 0 spiro atoms. The first kappa shape index (κ1) is 14.5. The molecule has 0 radical (unpaired) electrons. The molecule has 1 aliphatic rings. The minimum absolute atomic E-state index is 0.0638. The van der Waals surface area contributed by atoms with Crippen LogP contribution in [0.25, 0.3) is 0 Å². The van der Waals surface area contributed by atoms with Crippen LogP contribution in [0.3, 0.4) is 0 Å². The quantitative estimate of drug-likeness (QED) is 0.798. The average molecular weight is 330 g/mol. The molecule has 0 bridgehead atoms. The summed E-state index contributed by atoms with van der Waals surface area (Å²) in [4.78, 5) is 13.7. The number of likely N-dealkylation sites (tertiary alicyclic amines) is 1. The predicted molar refractivity (Wildman–Crippen MR) is 74.1 cm³/mol. The Bertz CT molecular complexity index is 467. The number of hydrogen-bond acceptors (Lipinski definition) is 3. The Morgan fingerprint density at radius 2 is 2.37 bits per heavy atom. The van der Waals surface area contributed by atoms with E-state index in [9.17, 15) is 9.18 Å². The standard InChI is InChI=1S/C14H17BrFNO2/c1-19-14(18)10-3-2-6-17(8-10)9-11-7-12(16)4-5-13(11)15/h4-5,7,10H,2-3,6,8-9H2,1H3. The maximum atomic E-state index is 13.2. The van der Waals surface area contributed by atoms with Gasteiger partial charge in [-0.1, -0.05) is 15.9 Å². The zero-order valence-electron chi connectivity index (χ0n) is 10.9. The summed E-state index contributed by atoms with van der Waals surface area (Å²) in [6.07, 6.45) is 1.83. The molecule has 19 heavy (non-hydrogen) atoms. The number of benzene rings is 1. The van der Waals surface area contributed by atoms with Gasteiger partial charge in [0.2, 0.25) is 0 Å². The van der Waals surface area contributed by atoms with Crippen molar-refractivity contribution in [2.75, 3.05) is 20.2 Å². The first-order chi connectivity index (χ1) is 9.10. The van der Waals surface area contributed by atoms with Crippen LogP contribution in [0.4, 0.5) is 4.39 Å². The van der Waals surface area contributed by atoms with E-state index < -0.39 is 0 Å². The van der Waals surface area contributed by atoms with Gasteiger partial charge >= 0.3 is 5.97 Å². The largest absolute Gasteiger partial charge is 0.469 e. The van der Waals surface area contributed by atoms with Crippen molar-refractivity contribution >= 4 is 21.9 Å². The second-order valence-electron chi connectivity index (χ2n) is 4.83. The maximum Gasteiger partial charge on any atom is 0.309 e. The lowest BCUT2D eigenvalue weighted by atomic mass is 9.98. The van der Waals surface area contributed by atoms with Crippen molar-refractivity contribution in [3.63, 3.8) is 0 Å². The minimum Gasteiger partial charge on any atom is -0.469 e. The molecule has 1 aromatic rings. The van der Waals surface area contributed by atoms with Gasteiger partial charge in [0.1, 0.15) is 5.82 Å². The van der Waals surface area contributed by atoms with E-state index in [1.54, 1.807) is 6.07 Å². The lowest BCUT2D eigenvalue weighted by Gasteiger charge is -2.31. The molecule has 2 rings (SSSR count). The van der Waals surface area contributed by atoms with Gasteiger partial charge in [-0.2, -0.15) is 0 Å². The number of halogens is 2. The van der Waals surface area contributed by atoms with Crippen molar-refractivity contribution in [1.29, 1.82) is 0 Å². The number of hydrogen-bond donors (Lipinski definition) is 0. The van der Waals surface area contributed by atoms with Gasteiger partial charge < -0.3 is 4.74 Å². The third-order valence-corrected chi connectivity index (χ3v) is 4.22. The number of ether oxygens (including phenoxy) is 1. The molecule has 0 amide bonds. The van der Waals surface area contributed by atoms with E-state index in [2.05, 4.69) is 20.8 Å². The van der Waals surface area contributed by atoms with Gasteiger partial charge in [-0.25, -0.2) is 4.39 Å². The van der Waals surface area contributed by atoms with Crippen molar-refractivity contribution in [1.82, 2.24) is 4.90 Å². The molecular weight excluding hydrogens is 313 g/mol. The Morgan fingerprint density at radius 1 is 1.58 bits per heavy atom. The molecule has 0 saturated carbocycles. The van der Waals surface area contributed by atoms with E-state index >= 15 is 0 Å². The lowest BCUT2D eigenvalue weighted by molar-refractivity contribution is -0.147. The maximum absolute atomic E-state index is 13.2. The van der Waals surface area contributed by atoms with Crippen LogP contribution in [0.2, 0.25) is 0 Å². The monoisotopic (exact) mass is 329 g/mol. The number of esters is 1. The molecule has 3 nitrogen and oxygen atoms in total. The zero-order chi connectivity index (χ0) is 13.8. The summed E-state index contributed by atoms with van der Waals surface area (Å²) in [5, 5.41) is 0. The normalized spacial score (nSPS) is 20.3. The third kappa shape index (κ3) is 3.76. The third-order valence-electron chi connectivity index (χ3n) is 3.44. The van der Waals surface area contributed by atoms with E-state index in [-0.39, 0.29) is 17.7 Å². The van der Waals surface area contributed by atoms with E-state index in [0.717, 1.165) is 29.4 Å². The van der Waals surface area contributed by atoms with E-state index in [1.807, 2.05) is 0 Å². The van der Waals surface area contributed by atoms with Crippen LogP contribution in [0.15, 0.2) is 22.7 Å². The highest BCUT2D eigenvalue weighted by Gasteiger charge is 2.26. The average Bonchev–Trinajstić information content (AvgIpc) is 2.42. The Morgan fingerprint density at radius 3 is 3.11 bits per heavy atom. The number of nitrogens with zero attached hydrogens (tertiary/aromatic N) is 1. The molecule has 0 N–H and O–H groups in total. The van der Waals surface area contributed by atoms with Crippen LogP contribution in [0.5, 0.6) is 0 Å². The Labute approximate surface area is 120 Å². The summed E-state index contributed by atoms with van der Waals surface area (Å²) in [5.41, 5.74) is 0.908. The molecule has 1 aliphatic heterocycles. The van der Waals surface area contributed by atoms with E-state index in [4.69, 9.17) is 4.74 Å². The number of piperidine rings is 1. The number of methoxy groups -OCH3 is 1. The van der Waals surface area contributed by atoms with Gasteiger partial charge in [0.15, 0.2) is 0 Å². The molecule has 1 unspecified atom stereocenters. The summed E-state index contributed by atoms with van der Waals surface area (Å²) < 4.78 is 18.9. The van der Waals surface area contributed by atoms with E-state index in [1.165, 1.54) is 19.2 Å². The van der Waals surface area contributed by atoms with Crippen LogP contribution >= 0.6 is 15.9 Å². The molecule has 0 aromatic heterocycles. The van der Waals surface area contributed by atoms with Crippen LogP contribution in [0, 0.1) is 11.7 Å². The smallest absolute Gasteiger partial charge is 0.309 e. The Balaban J connectivity index is 2.02. The van der Waals surface area contributed by atoms with Gasteiger partial charge in [0, 0.05) is 17.6 Å². The van der Waals surface area contributed by atoms with Gasteiger partial charge in [0.25, 0.3) is 0 Å². The first-order valence-corrected chi connectivity index (χ1v) is 7.13. The fourth-order valence-electron chi connectivity index (χ4n) is 2.46. The molecule has 1 atom stereocenters. The van der Waals surface area contributed by atoms with Gasteiger partial charge in [-0.15, -0.1) is 0 Å². The summed E-state index contributed by atoms with van der Waals surface area (Å²) in [7, 11) is 1.42. The van der Waals surface area contributed by atoms with Crippen molar-refractivity contribution in [3.8, 4) is 0 Å². The van der Waals surface area contributed by atoms with Gasteiger partial charge in [0.05, 0.1) is 13.0 Å². The number of carbonyl (C=O) groups excluding carboxylic acids is 1. The van der Waals surface area contributed by atoms with Crippen LogP contribution < -0.4 is 0 Å². The van der Waals surface area contributed by atoms with Crippen molar-refractivity contribution < 1.29 is 13.9 Å². The summed E-state index contributed by atoms with van der Waals surface area (Å²) >= 11 is 3.43. The van der Waals surface area contributed by atoms with Crippen LogP contribution in [0.1, 0.15) is 18.4 Å². The van der Waals surface area contributed by atoms with Crippen molar-refractivity contribution in [2.24, 2.45) is 5.92 Å². The van der Waals surface area contributed by atoms with Crippen LogP contribution in [-0.2, 0) is 16.1 Å². The van der Waals surface area contributed by atoms with Crippen LogP contribution in [-0.4, -0.2) is 31.1 Å². The van der Waals surface area contributed by atoms with Crippen molar-refractivity contribution in [3.05, 3.63) is 34.1 Å². The van der Waals surface area contributed by atoms with Gasteiger partial charge in [-0.05, 0) is 43.1 Å². The minimum atomic E-state index is -0.236.